The quantitative estimate of drug-likeness (QED) is 0.708. The highest BCUT2D eigenvalue weighted by Gasteiger charge is 2.49. The summed E-state index contributed by atoms with van der Waals surface area (Å²) in [5, 5.41) is 0. The van der Waals surface area contributed by atoms with E-state index in [0.717, 1.165) is 12.8 Å². The van der Waals surface area contributed by atoms with E-state index in [1.807, 2.05) is 0 Å². The summed E-state index contributed by atoms with van der Waals surface area (Å²) in [4.78, 5) is 25.6. The van der Waals surface area contributed by atoms with E-state index in [1.54, 1.807) is 24.3 Å². The third-order valence-corrected chi connectivity index (χ3v) is 3.57. The molecule has 0 bridgehead atoms. The summed E-state index contributed by atoms with van der Waals surface area (Å²) in [6.45, 7) is 2.10. The second-order valence-corrected chi connectivity index (χ2v) is 4.50. The van der Waals surface area contributed by atoms with Gasteiger partial charge in [-0.1, -0.05) is 25.5 Å². The second-order valence-electron chi connectivity index (χ2n) is 4.50. The van der Waals surface area contributed by atoms with Crippen molar-refractivity contribution in [2.45, 2.75) is 25.8 Å². The monoisotopic (exact) mass is 215 g/mol. The van der Waals surface area contributed by atoms with Crippen LogP contribution in [0.2, 0.25) is 0 Å². The number of hydrogen-bond acceptors (Lipinski definition) is 2. The molecule has 2 atom stereocenters. The summed E-state index contributed by atoms with van der Waals surface area (Å²) < 4.78 is 0. The van der Waals surface area contributed by atoms with Gasteiger partial charge < -0.3 is 0 Å². The first kappa shape index (κ1) is 9.58. The van der Waals surface area contributed by atoms with Gasteiger partial charge in [0.05, 0.1) is 11.1 Å². The number of carbonyl (C=O) groups excluding carboxylic acids is 2. The van der Waals surface area contributed by atoms with Gasteiger partial charge in [0.1, 0.15) is 0 Å². The number of nitrogens with zero attached hydrogens (tertiary/aromatic N) is 1. The zero-order chi connectivity index (χ0) is 11.3. The van der Waals surface area contributed by atoms with Gasteiger partial charge in [-0.25, -0.2) is 0 Å². The summed E-state index contributed by atoms with van der Waals surface area (Å²) in [5.74, 6) is 0.297. The second kappa shape index (κ2) is 3.17. The van der Waals surface area contributed by atoms with Gasteiger partial charge in [0.15, 0.2) is 0 Å². The Morgan fingerprint density at radius 2 is 1.75 bits per heavy atom. The lowest BCUT2D eigenvalue weighted by atomic mass is 10.1. The third-order valence-electron chi connectivity index (χ3n) is 3.57. The zero-order valence-corrected chi connectivity index (χ0v) is 9.14. The number of amides is 2. The molecule has 2 unspecified atom stereocenters. The van der Waals surface area contributed by atoms with Crippen LogP contribution in [-0.2, 0) is 0 Å². The Labute approximate surface area is 94.1 Å². The first-order chi connectivity index (χ1) is 7.74. The number of benzene rings is 1. The zero-order valence-electron chi connectivity index (χ0n) is 9.14. The maximum atomic E-state index is 12.1. The lowest BCUT2D eigenvalue weighted by molar-refractivity contribution is 0.0634. The molecule has 0 saturated heterocycles. The highest BCUT2D eigenvalue weighted by atomic mass is 16.2. The van der Waals surface area contributed by atoms with Gasteiger partial charge in [0.2, 0.25) is 0 Å². The fraction of sp³-hybridized carbons (Fsp3) is 0.385. The van der Waals surface area contributed by atoms with Crippen molar-refractivity contribution in [3.8, 4) is 0 Å². The van der Waals surface area contributed by atoms with Gasteiger partial charge >= 0.3 is 0 Å². The summed E-state index contributed by atoms with van der Waals surface area (Å²) in [6.07, 6.45) is 2.01. The van der Waals surface area contributed by atoms with E-state index in [4.69, 9.17) is 0 Å². The van der Waals surface area contributed by atoms with E-state index < -0.39 is 0 Å². The van der Waals surface area contributed by atoms with E-state index >= 15 is 0 Å². The normalized spacial score (nSPS) is 27.2. The molecule has 2 aliphatic rings. The average Bonchev–Trinajstić information content (AvgIpc) is 3.03. The number of imide groups is 1. The molecule has 3 heteroatoms. The Morgan fingerprint density at radius 1 is 1.19 bits per heavy atom. The molecule has 3 rings (SSSR count). The number of fused-ring (bicyclic) bond motifs is 1. The summed E-state index contributed by atoms with van der Waals surface area (Å²) in [7, 11) is 0. The van der Waals surface area contributed by atoms with Crippen LogP contribution < -0.4 is 0 Å². The molecule has 1 aromatic rings. The Balaban J connectivity index is 1.96. The molecule has 0 aromatic heterocycles. The van der Waals surface area contributed by atoms with Gasteiger partial charge in [-0.15, -0.1) is 0 Å². The smallest absolute Gasteiger partial charge is 0.261 e. The maximum absolute atomic E-state index is 12.1. The molecule has 1 saturated carbocycles. The predicted octanol–water partition coefficient (Wildman–Crippen LogP) is 2.08. The van der Waals surface area contributed by atoms with E-state index in [0.29, 0.717) is 17.0 Å². The fourth-order valence-electron chi connectivity index (χ4n) is 2.50. The van der Waals surface area contributed by atoms with E-state index in [-0.39, 0.29) is 17.9 Å². The molecule has 3 nitrogen and oxygen atoms in total. The van der Waals surface area contributed by atoms with E-state index in [9.17, 15) is 9.59 Å². The Hall–Kier alpha value is -1.64. The SMILES string of the molecule is CCC1CC1N1C(=O)c2ccccc2C1=O. The Morgan fingerprint density at radius 3 is 2.19 bits per heavy atom. The van der Waals surface area contributed by atoms with Crippen molar-refractivity contribution < 1.29 is 9.59 Å². The van der Waals surface area contributed by atoms with Gasteiger partial charge in [-0.2, -0.15) is 0 Å². The van der Waals surface area contributed by atoms with Gasteiger partial charge in [0.25, 0.3) is 11.8 Å². The Bertz CT molecular complexity index is 446. The highest BCUT2D eigenvalue weighted by Crippen LogP contribution is 2.41. The third kappa shape index (κ3) is 1.14. The molecule has 16 heavy (non-hydrogen) atoms. The molecule has 82 valence electrons. The van der Waals surface area contributed by atoms with Crippen molar-refractivity contribution in [2.75, 3.05) is 0 Å². The first-order valence-electron chi connectivity index (χ1n) is 5.71. The van der Waals surface area contributed by atoms with Gasteiger partial charge in [0, 0.05) is 6.04 Å². The largest absolute Gasteiger partial charge is 0.271 e. The fourth-order valence-corrected chi connectivity index (χ4v) is 2.50. The minimum absolute atomic E-state index is 0.110. The number of carbonyl (C=O) groups is 2. The van der Waals surface area contributed by atoms with Crippen LogP contribution in [0.4, 0.5) is 0 Å². The lowest BCUT2D eigenvalue weighted by Gasteiger charge is -2.12. The molecular formula is C13H13NO2. The van der Waals surface area contributed by atoms with Crippen LogP contribution in [0.3, 0.4) is 0 Å². The van der Waals surface area contributed by atoms with Crippen LogP contribution in [0.1, 0.15) is 40.5 Å². The van der Waals surface area contributed by atoms with Crippen molar-refractivity contribution in [1.82, 2.24) is 4.90 Å². The summed E-state index contributed by atoms with van der Waals surface area (Å²) in [6, 6.07) is 7.23. The molecule has 1 aliphatic carbocycles. The van der Waals surface area contributed by atoms with Gasteiger partial charge in [-0.3, -0.25) is 14.5 Å². The summed E-state index contributed by atoms with van der Waals surface area (Å²) in [5.41, 5.74) is 1.13. The number of rotatable bonds is 2. The minimum atomic E-state index is -0.110. The summed E-state index contributed by atoms with van der Waals surface area (Å²) >= 11 is 0. The molecule has 0 spiro atoms. The van der Waals surface area contributed by atoms with E-state index in [1.165, 1.54) is 4.90 Å². The minimum Gasteiger partial charge on any atom is -0.271 e. The van der Waals surface area contributed by atoms with Crippen molar-refractivity contribution in [3.63, 3.8) is 0 Å². The Kier molecular flexibility index (Phi) is 1.90. The van der Waals surface area contributed by atoms with Crippen molar-refractivity contribution >= 4 is 11.8 Å². The van der Waals surface area contributed by atoms with Gasteiger partial charge in [-0.05, 0) is 24.5 Å². The van der Waals surface area contributed by atoms with Crippen molar-refractivity contribution in [2.24, 2.45) is 5.92 Å². The molecule has 1 fully saturated rings. The lowest BCUT2D eigenvalue weighted by Crippen LogP contribution is -2.32. The molecule has 2 amide bonds. The molecule has 0 radical (unpaired) electrons. The maximum Gasteiger partial charge on any atom is 0.261 e. The van der Waals surface area contributed by atoms with Crippen molar-refractivity contribution in [1.29, 1.82) is 0 Å². The van der Waals surface area contributed by atoms with Crippen LogP contribution in [0.5, 0.6) is 0 Å². The predicted molar refractivity (Wildman–Crippen MR) is 59.1 cm³/mol. The van der Waals surface area contributed by atoms with E-state index in [2.05, 4.69) is 6.92 Å². The standard InChI is InChI=1S/C13H13NO2/c1-2-8-7-11(8)14-12(15)9-5-3-4-6-10(9)13(14)16/h3-6,8,11H,2,7H2,1H3. The van der Waals surface area contributed by atoms with Crippen LogP contribution in [0, 0.1) is 5.92 Å². The van der Waals surface area contributed by atoms with Crippen LogP contribution >= 0.6 is 0 Å². The molecule has 1 heterocycles. The average molecular weight is 215 g/mol. The number of hydrogen-bond donors (Lipinski definition) is 0. The van der Waals surface area contributed by atoms with Crippen LogP contribution in [0.15, 0.2) is 24.3 Å². The molecular weight excluding hydrogens is 202 g/mol. The van der Waals surface area contributed by atoms with Crippen LogP contribution in [-0.4, -0.2) is 22.8 Å². The molecule has 1 aliphatic heterocycles. The first-order valence-corrected chi connectivity index (χ1v) is 5.71. The molecule has 1 aromatic carbocycles. The topological polar surface area (TPSA) is 37.4 Å². The van der Waals surface area contributed by atoms with Crippen molar-refractivity contribution in [3.05, 3.63) is 35.4 Å². The highest BCUT2D eigenvalue weighted by molar-refractivity contribution is 6.21. The van der Waals surface area contributed by atoms with Crippen LogP contribution in [0.25, 0.3) is 0 Å². The molecule has 0 N–H and O–H groups in total.